The summed E-state index contributed by atoms with van der Waals surface area (Å²) in [5, 5.41) is 15.0. The number of carboxylic acid groups (broad SMARTS) is 1. The van der Waals surface area contributed by atoms with E-state index in [-0.39, 0.29) is 12.3 Å². The number of aromatic amines is 2. The number of carboxylic acids is 1. The Balaban J connectivity index is 1.90. The average Bonchev–Trinajstić information content (AvgIpc) is 3.20. The number of nitrogens with one attached hydrogen (secondary N) is 4. The molecule has 34 heavy (non-hydrogen) atoms. The van der Waals surface area contributed by atoms with Gasteiger partial charge < -0.3 is 25.7 Å². The molecule has 178 valence electrons. The molecule has 1 aromatic heterocycles. The Labute approximate surface area is 206 Å². The van der Waals surface area contributed by atoms with Crippen LogP contribution in [0.3, 0.4) is 0 Å². The van der Waals surface area contributed by atoms with Crippen molar-refractivity contribution >= 4 is 47.5 Å². The van der Waals surface area contributed by atoms with Crippen LogP contribution in [0.2, 0.25) is 0 Å². The van der Waals surface area contributed by atoms with E-state index in [0.29, 0.717) is 39.5 Å². The molecule has 1 atom stereocenters. The Bertz CT molecular complexity index is 1250. The number of amides is 2. The van der Waals surface area contributed by atoms with Gasteiger partial charge in [0.05, 0.1) is 6.42 Å². The molecule has 0 radical (unpaired) electrons. The van der Waals surface area contributed by atoms with Gasteiger partial charge in [0, 0.05) is 23.1 Å². The highest BCUT2D eigenvalue weighted by Crippen LogP contribution is 2.30. The zero-order chi connectivity index (χ0) is 24.7. The topological polar surface area (TPSA) is 127 Å². The number of hydrogen-bond donors (Lipinski definition) is 5. The van der Waals surface area contributed by atoms with Gasteiger partial charge in [-0.1, -0.05) is 24.3 Å². The first-order valence-electron chi connectivity index (χ1n) is 10.6. The lowest BCUT2D eigenvalue weighted by Crippen LogP contribution is -2.41. The van der Waals surface area contributed by atoms with Crippen molar-refractivity contribution in [3.8, 4) is 11.1 Å². The second-order valence-electron chi connectivity index (χ2n) is 7.71. The van der Waals surface area contributed by atoms with E-state index in [9.17, 15) is 19.5 Å². The zero-order valence-corrected chi connectivity index (χ0v) is 20.4. The number of carbonyl (C=O) groups excluding carboxylic acids is 2. The summed E-state index contributed by atoms with van der Waals surface area (Å²) in [4.78, 5) is 43.0. The standard InChI is InChI=1S/C24H26N4O4S2/c1-14-5-3-4-6-17(14)19-11-15(26-21(29)12-16-13-25-24(33)27-16)7-8-18(19)22(30)28-20(23(31)32)9-10-34-2/h3-8,11,13,20H,9-10,12H2,1-2H3,(H,26,29)(H,28,30)(H,31,32)(H2,25,27,33)/t20-/m0/s1. The Morgan fingerprint density at radius 1 is 1.15 bits per heavy atom. The van der Waals surface area contributed by atoms with Gasteiger partial charge in [0.2, 0.25) is 5.91 Å². The van der Waals surface area contributed by atoms with Gasteiger partial charge in [-0.15, -0.1) is 0 Å². The minimum absolute atomic E-state index is 0.102. The molecule has 3 aromatic rings. The van der Waals surface area contributed by atoms with Crippen molar-refractivity contribution in [3.63, 3.8) is 0 Å². The molecule has 0 saturated heterocycles. The number of rotatable bonds is 10. The summed E-state index contributed by atoms with van der Waals surface area (Å²) in [6.07, 6.45) is 3.95. The molecule has 1 heterocycles. The SMILES string of the molecule is CSCC[C@H](NC(=O)c1ccc(NC(=O)Cc2c[nH]c(=S)[nH]2)cc1-c1ccccc1C)C(=O)O. The highest BCUT2D eigenvalue weighted by molar-refractivity contribution is 7.98. The van der Waals surface area contributed by atoms with E-state index in [1.807, 2.05) is 37.4 Å². The zero-order valence-electron chi connectivity index (χ0n) is 18.8. The lowest BCUT2D eigenvalue weighted by molar-refractivity contribution is -0.139. The van der Waals surface area contributed by atoms with Crippen LogP contribution in [-0.4, -0.2) is 50.9 Å². The number of aromatic nitrogens is 2. The molecular formula is C24H26N4O4S2. The molecule has 3 rings (SSSR count). The molecule has 0 unspecified atom stereocenters. The van der Waals surface area contributed by atoms with E-state index in [2.05, 4.69) is 20.6 Å². The van der Waals surface area contributed by atoms with Gasteiger partial charge in [-0.2, -0.15) is 11.8 Å². The van der Waals surface area contributed by atoms with E-state index in [1.54, 1.807) is 24.4 Å². The van der Waals surface area contributed by atoms with Crippen molar-refractivity contribution in [1.82, 2.24) is 15.3 Å². The van der Waals surface area contributed by atoms with E-state index in [4.69, 9.17) is 12.2 Å². The Hall–Kier alpha value is -3.37. The van der Waals surface area contributed by atoms with Crippen LogP contribution < -0.4 is 10.6 Å². The van der Waals surface area contributed by atoms with Crippen LogP contribution in [0.1, 0.15) is 28.0 Å². The highest BCUT2D eigenvalue weighted by atomic mass is 32.2. The van der Waals surface area contributed by atoms with Crippen molar-refractivity contribution in [3.05, 3.63) is 70.3 Å². The number of thioether (sulfide) groups is 1. The molecule has 0 aliphatic carbocycles. The number of aryl methyl sites for hydroxylation is 1. The van der Waals surface area contributed by atoms with E-state index >= 15 is 0 Å². The Kier molecular flexibility index (Phi) is 8.67. The van der Waals surface area contributed by atoms with Crippen LogP contribution in [0, 0.1) is 11.7 Å². The fourth-order valence-corrected chi connectivity index (χ4v) is 4.15. The first-order chi connectivity index (χ1) is 16.3. The van der Waals surface area contributed by atoms with Gasteiger partial charge in [0.25, 0.3) is 5.91 Å². The minimum atomic E-state index is -1.08. The molecular weight excluding hydrogens is 472 g/mol. The predicted octanol–water partition coefficient (Wildman–Crippen LogP) is 4.17. The monoisotopic (exact) mass is 498 g/mol. The second kappa shape index (κ2) is 11.7. The smallest absolute Gasteiger partial charge is 0.326 e. The maximum atomic E-state index is 13.1. The largest absolute Gasteiger partial charge is 0.480 e. The molecule has 0 bridgehead atoms. The van der Waals surface area contributed by atoms with Gasteiger partial charge in [-0.25, -0.2) is 4.79 Å². The van der Waals surface area contributed by atoms with Gasteiger partial charge in [0.15, 0.2) is 4.77 Å². The van der Waals surface area contributed by atoms with Crippen LogP contribution in [0.5, 0.6) is 0 Å². The van der Waals surface area contributed by atoms with Gasteiger partial charge >= 0.3 is 5.97 Å². The summed E-state index contributed by atoms with van der Waals surface area (Å²) in [7, 11) is 0. The Morgan fingerprint density at radius 3 is 2.56 bits per heavy atom. The predicted molar refractivity (Wildman–Crippen MR) is 137 cm³/mol. The number of H-pyrrole nitrogens is 2. The number of hydrogen-bond acceptors (Lipinski definition) is 5. The minimum Gasteiger partial charge on any atom is -0.480 e. The third-order valence-corrected chi connectivity index (χ3v) is 6.06. The molecule has 2 aromatic carbocycles. The summed E-state index contributed by atoms with van der Waals surface area (Å²) in [6, 6.07) is 11.5. The molecule has 2 amide bonds. The quantitative estimate of drug-likeness (QED) is 0.267. The maximum Gasteiger partial charge on any atom is 0.326 e. The van der Waals surface area contributed by atoms with Crippen molar-refractivity contribution < 1.29 is 19.5 Å². The van der Waals surface area contributed by atoms with Crippen LogP contribution >= 0.6 is 24.0 Å². The first-order valence-corrected chi connectivity index (χ1v) is 12.4. The molecule has 0 saturated carbocycles. The molecule has 10 heteroatoms. The molecule has 0 aliphatic heterocycles. The van der Waals surface area contributed by atoms with E-state index in [1.165, 1.54) is 11.8 Å². The summed E-state index contributed by atoms with van der Waals surface area (Å²) in [6.45, 7) is 1.93. The highest BCUT2D eigenvalue weighted by Gasteiger charge is 2.23. The van der Waals surface area contributed by atoms with Crippen LogP contribution in [-0.2, 0) is 16.0 Å². The average molecular weight is 499 g/mol. The summed E-state index contributed by atoms with van der Waals surface area (Å²) in [5.74, 6) is -1.20. The summed E-state index contributed by atoms with van der Waals surface area (Å²) in [5.41, 5.74) is 3.86. The molecule has 0 fully saturated rings. The molecule has 8 nitrogen and oxygen atoms in total. The summed E-state index contributed by atoms with van der Waals surface area (Å²) >= 11 is 6.50. The normalized spacial score (nSPS) is 11.6. The lowest BCUT2D eigenvalue weighted by Gasteiger charge is -2.18. The Morgan fingerprint density at radius 2 is 1.91 bits per heavy atom. The molecule has 0 spiro atoms. The van der Waals surface area contributed by atoms with Crippen molar-refractivity contribution in [2.75, 3.05) is 17.3 Å². The van der Waals surface area contributed by atoms with Gasteiger partial charge in [0.1, 0.15) is 6.04 Å². The van der Waals surface area contributed by atoms with Crippen molar-refractivity contribution in [2.24, 2.45) is 0 Å². The van der Waals surface area contributed by atoms with Crippen LogP contribution in [0.25, 0.3) is 11.1 Å². The van der Waals surface area contributed by atoms with Crippen LogP contribution in [0.15, 0.2) is 48.7 Å². The van der Waals surface area contributed by atoms with E-state index in [0.717, 1.165) is 11.1 Å². The molecule has 5 N–H and O–H groups in total. The first kappa shape index (κ1) is 25.3. The number of benzene rings is 2. The fourth-order valence-electron chi connectivity index (χ4n) is 3.49. The van der Waals surface area contributed by atoms with Gasteiger partial charge in [-0.3, -0.25) is 9.59 Å². The molecule has 0 aliphatic rings. The van der Waals surface area contributed by atoms with Crippen molar-refractivity contribution in [1.29, 1.82) is 0 Å². The third-order valence-electron chi connectivity index (χ3n) is 5.20. The number of carbonyl (C=O) groups is 3. The summed E-state index contributed by atoms with van der Waals surface area (Å²) < 4.78 is 0.442. The van der Waals surface area contributed by atoms with Crippen LogP contribution in [0.4, 0.5) is 5.69 Å². The number of imidazole rings is 1. The van der Waals surface area contributed by atoms with E-state index < -0.39 is 17.9 Å². The van der Waals surface area contributed by atoms with Crippen molar-refractivity contribution in [2.45, 2.75) is 25.8 Å². The third kappa shape index (κ3) is 6.58. The fraction of sp³-hybridized carbons (Fsp3) is 0.250. The number of anilines is 1. The maximum absolute atomic E-state index is 13.1. The van der Waals surface area contributed by atoms with Gasteiger partial charge in [-0.05, 0) is 72.5 Å². The number of aliphatic carboxylic acids is 1. The second-order valence-corrected chi connectivity index (χ2v) is 9.11. The lowest BCUT2D eigenvalue weighted by atomic mass is 9.94.